The first kappa shape index (κ1) is 74.5. The molecule has 76 heavy (non-hydrogen) atoms. The van der Waals surface area contributed by atoms with E-state index in [0.29, 0.717) is 23.9 Å². The zero-order valence-corrected chi connectivity index (χ0v) is 52.4. The Morgan fingerprint density at radius 3 is 1.12 bits per heavy atom. The molecule has 3 unspecified atom stereocenters. The third-order valence-corrected chi connectivity index (χ3v) is 16.1. The number of amides is 1. The Kier molecular flexibility index (Phi) is 55.6. The van der Waals surface area contributed by atoms with Crippen LogP contribution in [0.2, 0.25) is 0 Å². The predicted molar refractivity (Wildman–Crippen MR) is 328 cm³/mol. The third kappa shape index (κ3) is 57.2. The number of carbonyl (C=O) groups excluding carboxylic acids is 2. The van der Waals surface area contributed by atoms with Crippen LogP contribution in [0.15, 0.2) is 24.3 Å². The smallest absolute Gasteiger partial charge is 0.456 e. The van der Waals surface area contributed by atoms with Gasteiger partial charge in [-0.15, -0.1) is 0 Å². The van der Waals surface area contributed by atoms with Crippen LogP contribution < -0.4 is 5.32 Å². The van der Waals surface area contributed by atoms with Gasteiger partial charge in [0.15, 0.2) is 0 Å². The maximum Gasteiger partial charge on any atom is 0.472 e. The average Bonchev–Trinajstić information content (AvgIpc) is 3.38. The average molecular weight is 1090 g/mol. The van der Waals surface area contributed by atoms with E-state index < -0.39 is 20.0 Å². The summed E-state index contributed by atoms with van der Waals surface area (Å²) in [6.45, 7) is 7.05. The molecule has 0 saturated heterocycles. The number of nitrogens with zero attached hydrogens (tertiary/aromatic N) is 1. The van der Waals surface area contributed by atoms with Gasteiger partial charge in [-0.1, -0.05) is 289 Å². The fourth-order valence-electron chi connectivity index (χ4n) is 10.00. The molecule has 0 aromatic carbocycles. The molecule has 0 aliphatic heterocycles. The molecular formula is C66H130N2O7P+. The summed E-state index contributed by atoms with van der Waals surface area (Å²) in [5.74, 6) is -0.486. The Morgan fingerprint density at radius 2 is 0.763 bits per heavy atom. The molecular weight excluding hydrogens is 964 g/mol. The largest absolute Gasteiger partial charge is 0.472 e. The number of quaternary nitrogens is 1. The first-order valence-corrected chi connectivity index (χ1v) is 34.7. The quantitative estimate of drug-likeness (QED) is 0.0205. The predicted octanol–water partition coefficient (Wildman–Crippen LogP) is 20.5. The maximum atomic E-state index is 13.6. The molecule has 0 aromatic heterocycles. The summed E-state index contributed by atoms with van der Waals surface area (Å²) in [6, 6.07) is -0.841. The number of carbonyl (C=O) groups is 2. The molecule has 0 fully saturated rings. The van der Waals surface area contributed by atoms with E-state index in [1.54, 1.807) is 0 Å². The lowest BCUT2D eigenvalue weighted by atomic mass is 10.0. The minimum Gasteiger partial charge on any atom is -0.456 e. The van der Waals surface area contributed by atoms with Crippen molar-refractivity contribution in [3.63, 3.8) is 0 Å². The fourth-order valence-corrected chi connectivity index (χ4v) is 10.7. The maximum absolute atomic E-state index is 13.6. The monoisotopic (exact) mass is 1090 g/mol. The molecule has 0 bridgehead atoms. The van der Waals surface area contributed by atoms with Crippen molar-refractivity contribution in [2.45, 2.75) is 348 Å². The molecule has 10 heteroatoms. The molecule has 3 atom stereocenters. The Bertz CT molecular complexity index is 1350. The molecule has 1 amide bonds. The van der Waals surface area contributed by atoms with Crippen LogP contribution in [-0.4, -0.2) is 74.3 Å². The fraction of sp³-hybridized carbons (Fsp3) is 0.909. The molecule has 0 heterocycles. The normalized spacial score (nSPS) is 13.7. The van der Waals surface area contributed by atoms with E-state index in [1.807, 2.05) is 33.3 Å². The zero-order valence-electron chi connectivity index (χ0n) is 51.5. The van der Waals surface area contributed by atoms with Crippen LogP contribution in [0.1, 0.15) is 335 Å². The van der Waals surface area contributed by atoms with Crippen molar-refractivity contribution < 1.29 is 37.3 Å². The lowest BCUT2D eigenvalue weighted by Crippen LogP contribution is -2.47. The van der Waals surface area contributed by atoms with Gasteiger partial charge in [-0.25, -0.2) is 4.57 Å². The molecule has 2 N–H and O–H groups in total. The molecule has 0 aliphatic rings. The summed E-state index contributed by atoms with van der Waals surface area (Å²) in [6.07, 6.45) is 67.6. The van der Waals surface area contributed by atoms with Crippen molar-refractivity contribution >= 4 is 19.7 Å². The van der Waals surface area contributed by atoms with E-state index in [1.165, 1.54) is 244 Å². The van der Waals surface area contributed by atoms with E-state index in [-0.39, 0.29) is 25.1 Å². The lowest BCUT2D eigenvalue weighted by molar-refractivity contribution is -0.870. The minimum absolute atomic E-state index is 0.0444. The summed E-state index contributed by atoms with van der Waals surface area (Å²) < 4.78 is 30.7. The molecule has 0 rings (SSSR count). The number of likely N-dealkylation sites (N-methyl/N-ethyl adjacent to an activating group) is 1. The highest BCUT2D eigenvalue weighted by atomic mass is 31.2. The summed E-state index contributed by atoms with van der Waals surface area (Å²) in [7, 11) is 1.51. The third-order valence-electron chi connectivity index (χ3n) is 15.1. The second-order valence-electron chi connectivity index (χ2n) is 24.0. The van der Waals surface area contributed by atoms with Gasteiger partial charge >= 0.3 is 13.8 Å². The number of phosphoric acid groups is 1. The van der Waals surface area contributed by atoms with Crippen LogP contribution in [0.4, 0.5) is 0 Å². The number of esters is 1. The van der Waals surface area contributed by atoms with Crippen LogP contribution in [-0.2, 0) is 27.9 Å². The van der Waals surface area contributed by atoms with Crippen molar-refractivity contribution in [1.29, 1.82) is 0 Å². The Labute approximate surface area is 473 Å². The number of phosphoric ester groups is 1. The highest BCUT2D eigenvalue weighted by Crippen LogP contribution is 2.43. The second-order valence-corrected chi connectivity index (χ2v) is 25.5. The van der Waals surface area contributed by atoms with E-state index in [0.717, 1.165) is 57.8 Å². The van der Waals surface area contributed by atoms with Crippen molar-refractivity contribution in [2.24, 2.45) is 0 Å². The van der Waals surface area contributed by atoms with Crippen molar-refractivity contribution in [3.8, 4) is 0 Å². The van der Waals surface area contributed by atoms with Crippen molar-refractivity contribution in [3.05, 3.63) is 24.3 Å². The Balaban J connectivity index is 5.00. The number of allylic oxidation sites excluding steroid dienone is 3. The zero-order chi connectivity index (χ0) is 55.7. The Morgan fingerprint density at radius 1 is 0.447 bits per heavy atom. The minimum atomic E-state index is -4.44. The lowest BCUT2D eigenvalue weighted by Gasteiger charge is -2.27. The molecule has 0 saturated carbocycles. The first-order valence-electron chi connectivity index (χ1n) is 33.2. The number of unbranched alkanes of at least 4 members (excludes halogenated alkanes) is 43. The summed E-state index contributed by atoms with van der Waals surface area (Å²) in [5.41, 5.74) is 0. The molecule has 9 nitrogen and oxygen atoms in total. The topological polar surface area (TPSA) is 111 Å². The first-order chi connectivity index (χ1) is 36.9. The van der Waals surface area contributed by atoms with Gasteiger partial charge in [0.25, 0.3) is 0 Å². The summed E-state index contributed by atoms with van der Waals surface area (Å²) >= 11 is 0. The van der Waals surface area contributed by atoms with E-state index in [2.05, 4.69) is 38.2 Å². The van der Waals surface area contributed by atoms with Gasteiger partial charge < -0.3 is 19.4 Å². The molecule has 0 aliphatic carbocycles. The van der Waals surface area contributed by atoms with Crippen molar-refractivity contribution in [2.75, 3.05) is 40.9 Å². The van der Waals surface area contributed by atoms with Gasteiger partial charge in [-0.05, 0) is 57.4 Å². The number of nitrogens with one attached hydrogen (secondary N) is 1. The van der Waals surface area contributed by atoms with Gasteiger partial charge in [-0.2, -0.15) is 0 Å². The highest BCUT2D eigenvalue weighted by Gasteiger charge is 2.30. The molecule has 450 valence electrons. The van der Waals surface area contributed by atoms with E-state index in [4.69, 9.17) is 13.8 Å². The summed E-state index contributed by atoms with van der Waals surface area (Å²) in [5, 5.41) is 3.07. The Hall–Kier alpha value is -1.51. The van der Waals surface area contributed by atoms with E-state index in [9.17, 15) is 19.0 Å². The van der Waals surface area contributed by atoms with E-state index >= 15 is 0 Å². The summed E-state index contributed by atoms with van der Waals surface area (Å²) in [4.78, 5) is 37.7. The van der Waals surface area contributed by atoms with Crippen LogP contribution in [0.25, 0.3) is 0 Å². The number of hydrogen-bond acceptors (Lipinski definition) is 6. The number of rotatable bonds is 61. The van der Waals surface area contributed by atoms with Crippen LogP contribution >= 0.6 is 7.82 Å². The molecule has 0 radical (unpaired) electrons. The second kappa shape index (κ2) is 56.8. The standard InChI is InChI=1S/C66H129N2O7P/c1-7-10-13-16-19-22-25-27-29-30-31-32-33-34-35-36-37-38-39-40-43-46-49-52-55-58-65(69)67-63(62-74-76(71,72)73-61-60-68(4,5)6)64(57-54-51-48-45-42-24-21-18-15-12-9-3)75-66(70)59-56-53-50-47-44-41-28-26-23-20-17-14-11-8-2/h27,29,54,57,63-64H,7-26,28,30-53,55-56,58-62H2,1-6H3,(H-,67,69,71,72)/p+1/b29-27+,57-54-. The molecule has 0 spiro atoms. The van der Waals surface area contributed by atoms with Gasteiger partial charge in [-0.3, -0.25) is 18.6 Å². The van der Waals surface area contributed by atoms with Crippen LogP contribution in [0.3, 0.4) is 0 Å². The molecule has 0 aromatic rings. The van der Waals surface area contributed by atoms with Gasteiger partial charge in [0.2, 0.25) is 5.91 Å². The van der Waals surface area contributed by atoms with Crippen LogP contribution in [0, 0.1) is 0 Å². The number of hydrogen-bond donors (Lipinski definition) is 2. The van der Waals surface area contributed by atoms with Gasteiger partial charge in [0, 0.05) is 12.8 Å². The van der Waals surface area contributed by atoms with Crippen molar-refractivity contribution in [1.82, 2.24) is 5.32 Å². The highest BCUT2D eigenvalue weighted by molar-refractivity contribution is 7.47. The van der Waals surface area contributed by atoms with Crippen LogP contribution in [0.5, 0.6) is 0 Å². The van der Waals surface area contributed by atoms with Gasteiger partial charge in [0.05, 0.1) is 33.8 Å². The van der Waals surface area contributed by atoms with Gasteiger partial charge in [0.1, 0.15) is 19.3 Å². The SMILES string of the molecule is CCCCCCCC/C=C/CCCCCCCCCCCCCCCCCC(=O)NC(COP(=O)(O)OCC[N+](C)(C)C)C(/C=C\CCCCCCCCCCC)OC(=O)CCCCCCCCCCCCCCCC. The number of ether oxygens (including phenoxy) is 1.